The fourth-order valence-electron chi connectivity index (χ4n) is 3.02. The molecule has 1 aliphatic heterocycles. The number of hydrogen-bond acceptors (Lipinski definition) is 5. The summed E-state index contributed by atoms with van der Waals surface area (Å²) in [5.74, 6) is 1.44. The summed E-state index contributed by atoms with van der Waals surface area (Å²) in [5, 5.41) is 4.09. The van der Waals surface area contributed by atoms with Crippen LogP contribution in [0, 0.1) is 5.41 Å². The summed E-state index contributed by atoms with van der Waals surface area (Å²) in [5.41, 5.74) is 7.50. The Labute approximate surface area is 143 Å². The zero-order valence-corrected chi connectivity index (χ0v) is 14.6. The van der Waals surface area contributed by atoms with Crippen molar-refractivity contribution in [2.45, 2.75) is 39.3 Å². The summed E-state index contributed by atoms with van der Waals surface area (Å²) >= 11 is 0. The first-order valence-electron chi connectivity index (χ1n) is 7.86. The second kappa shape index (κ2) is 7.43. The number of likely N-dealkylation sites (tertiary alicyclic amines) is 1. The lowest BCUT2D eigenvalue weighted by Gasteiger charge is -2.42. The average molecular weight is 337 g/mol. The lowest BCUT2D eigenvalue weighted by atomic mass is 9.80. The van der Waals surface area contributed by atoms with Gasteiger partial charge in [-0.1, -0.05) is 49.3 Å². The van der Waals surface area contributed by atoms with Crippen molar-refractivity contribution < 1.29 is 4.52 Å². The Morgan fingerprint density at radius 1 is 1.30 bits per heavy atom. The van der Waals surface area contributed by atoms with Crippen LogP contribution in [0.4, 0.5) is 0 Å². The van der Waals surface area contributed by atoms with Crippen LogP contribution >= 0.6 is 12.4 Å². The molecule has 126 valence electrons. The molecular formula is C17H25ClN4O. The highest BCUT2D eigenvalue weighted by Crippen LogP contribution is 2.28. The van der Waals surface area contributed by atoms with E-state index in [2.05, 4.69) is 41.0 Å². The zero-order valence-electron chi connectivity index (χ0n) is 13.7. The van der Waals surface area contributed by atoms with Crippen molar-refractivity contribution in [1.29, 1.82) is 0 Å². The number of hydrogen-bond donors (Lipinski definition) is 1. The Bertz CT molecular complexity index is 614. The van der Waals surface area contributed by atoms with Gasteiger partial charge >= 0.3 is 0 Å². The Morgan fingerprint density at radius 2 is 2.04 bits per heavy atom. The monoisotopic (exact) mass is 336 g/mol. The maximum absolute atomic E-state index is 6.18. The molecule has 2 N–H and O–H groups in total. The fraction of sp³-hybridized carbons (Fsp3) is 0.529. The van der Waals surface area contributed by atoms with Gasteiger partial charge in [0.05, 0.1) is 6.54 Å². The molecule has 2 heterocycles. The topological polar surface area (TPSA) is 68.2 Å². The molecule has 1 saturated heterocycles. The van der Waals surface area contributed by atoms with Crippen molar-refractivity contribution in [3.63, 3.8) is 0 Å². The Morgan fingerprint density at radius 3 is 2.74 bits per heavy atom. The van der Waals surface area contributed by atoms with Gasteiger partial charge in [-0.3, -0.25) is 4.90 Å². The minimum absolute atomic E-state index is 0. The molecule has 0 spiro atoms. The van der Waals surface area contributed by atoms with E-state index in [-0.39, 0.29) is 23.9 Å². The van der Waals surface area contributed by atoms with Crippen molar-refractivity contribution in [2.75, 3.05) is 13.1 Å². The summed E-state index contributed by atoms with van der Waals surface area (Å²) < 4.78 is 5.40. The summed E-state index contributed by atoms with van der Waals surface area (Å²) in [6, 6.07) is 10.5. The summed E-state index contributed by atoms with van der Waals surface area (Å²) in [4.78, 5) is 6.87. The fourth-order valence-corrected chi connectivity index (χ4v) is 3.02. The predicted octanol–water partition coefficient (Wildman–Crippen LogP) is 2.64. The number of aromatic nitrogens is 2. The summed E-state index contributed by atoms with van der Waals surface area (Å²) in [6.07, 6.45) is 1.72. The van der Waals surface area contributed by atoms with Gasteiger partial charge < -0.3 is 10.3 Å². The van der Waals surface area contributed by atoms with Crippen LogP contribution in [0.5, 0.6) is 0 Å². The van der Waals surface area contributed by atoms with Gasteiger partial charge in [0.1, 0.15) is 0 Å². The van der Waals surface area contributed by atoms with E-state index in [1.54, 1.807) is 0 Å². The van der Waals surface area contributed by atoms with E-state index < -0.39 is 0 Å². The molecule has 2 aromatic rings. The molecule has 0 aliphatic carbocycles. The van der Waals surface area contributed by atoms with E-state index in [9.17, 15) is 0 Å². The van der Waals surface area contributed by atoms with Gasteiger partial charge in [0.2, 0.25) is 5.89 Å². The van der Waals surface area contributed by atoms with Gasteiger partial charge in [0.25, 0.3) is 0 Å². The van der Waals surface area contributed by atoms with Gasteiger partial charge in [0, 0.05) is 25.6 Å². The molecule has 1 fully saturated rings. The quantitative estimate of drug-likeness (QED) is 0.929. The lowest BCUT2D eigenvalue weighted by molar-refractivity contribution is 0.0811. The molecule has 1 atom stereocenters. The van der Waals surface area contributed by atoms with Crippen LogP contribution in [0.25, 0.3) is 0 Å². The third kappa shape index (κ3) is 4.53. The molecule has 0 radical (unpaired) electrons. The van der Waals surface area contributed by atoms with Crippen LogP contribution in [0.3, 0.4) is 0 Å². The molecule has 0 saturated carbocycles. The van der Waals surface area contributed by atoms with Gasteiger partial charge in [-0.15, -0.1) is 12.4 Å². The van der Waals surface area contributed by atoms with Crippen LogP contribution in [-0.4, -0.2) is 34.2 Å². The second-order valence-electron chi connectivity index (χ2n) is 6.86. The molecule has 23 heavy (non-hydrogen) atoms. The van der Waals surface area contributed by atoms with E-state index in [1.807, 2.05) is 18.2 Å². The Balaban J connectivity index is 0.00000192. The van der Waals surface area contributed by atoms with Gasteiger partial charge in [-0.25, -0.2) is 0 Å². The van der Waals surface area contributed by atoms with Crippen molar-refractivity contribution in [3.8, 4) is 0 Å². The normalized spacial score (nSPS) is 20.9. The molecule has 0 bridgehead atoms. The van der Waals surface area contributed by atoms with E-state index in [0.717, 1.165) is 25.3 Å². The van der Waals surface area contributed by atoms with Crippen molar-refractivity contribution >= 4 is 12.4 Å². The standard InChI is InChI=1S/C17H24N4O.ClH/c1-17(2)12-21(9-8-14(17)18)11-16-19-15(20-22-16)10-13-6-4-3-5-7-13;/h3-7,14H,8-12,18H2,1-2H3;1H. The van der Waals surface area contributed by atoms with Gasteiger partial charge in [-0.05, 0) is 17.4 Å². The van der Waals surface area contributed by atoms with E-state index in [1.165, 1.54) is 5.56 Å². The Kier molecular flexibility index (Phi) is 5.79. The lowest BCUT2D eigenvalue weighted by Crippen LogP contribution is -2.52. The number of nitrogens with two attached hydrogens (primary N) is 1. The number of halogens is 1. The predicted molar refractivity (Wildman–Crippen MR) is 92.4 cm³/mol. The first-order chi connectivity index (χ1) is 10.5. The highest BCUT2D eigenvalue weighted by atomic mass is 35.5. The molecule has 1 aromatic heterocycles. The largest absolute Gasteiger partial charge is 0.338 e. The molecule has 1 unspecified atom stereocenters. The first-order valence-corrected chi connectivity index (χ1v) is 7.86. The van der Waals surface area contributed by atoms with E-state index >= 15 is 0 Å². The third-order valence-corrected chi connectivity index (χ3v) is 4.47. The second-order valence-corrected chi connectivity index (χ2v) is 6.86. The number of benzene rings is 1. The molecule has 5 nitrogen and oxygen atoms in total. The van der Waals surface area contributed by atoms with E-state index in [0.29, 0.717) is 18.9 Å². The molecule has 6 heteroatoms. The molecule has 0 amide bonds. The Hall–Kier alpha value is -1.43. The third-order valence-electron chi connectivity index (χ3n) is 4.47. The van der Waals surface area contributed by atoms with Gasteiger partial charge in [-0.2, -0.15) is 4.98 Å². The smallest absolute Gasteiger partial charge is 0.240 e. The van der Waals surface area contributed by atoms with E-state index in [4.69, 9.17) is 10.3 Å². The van der Waals surface area contributed by atoms with Crippen molar-refractivity contribution in [1.82, 2.24) is 15.0 Å². The van der Waals surface area contributed by atoms with Crippen LogP contribution in [-0.2, 0) is 13.0 Å². The van der Waals surface area contributed by atoms with Crippen LogP contribution in [0.2, 0.25) is 0 Å². The molecule has 1 aromatic carbocycles. The highest BCUT2D eigenvalue weighted by molar-refractivity contribution is 5.85. The number of nitrogens with zero attached hydrogens (tertiary/aromatic N) is 3. The highest BCUT2D eigenvalue weighted by Gasteiger charge is 2.33. The van der Waals surface area contributed by atoms with Crippen LogP contribution in [0.15, 0.2) is 34.9 Å². The summed E-state index contributed by atoms with van der Waals surface area (Å²) in [7, 11) is 0. The average Bonchev–Trinajstić information content (AvgIpc) is 2.91. The summed E-state index contributed by atoms with van der Waals surface area (Å²) in [6.45, 7) is 7.10. The molecule has 1 aliphatic rings. The molecule has 3 rings (SSSR count). The van der Waals surface area contributed by atoms with Crippen LogP contribution < -0.4 is 5.73 Å². The molecular weight excluding hydrogens is 312 g/mol. The number of rotatable bonds is 4. The van der Waals surface area contributed by atoms with Crippen molar-refractivity contribution in [2.24, 2.45) is 11.1 Å². The minimum Gasteiger partial charge on any atom is -0.338 e. The van der Waals surface area contributed by atoms with Crippen molar-refractivity contribution in [3.05, 3.63) is 47.6 Å². The zero-order chi connectivity index (χ0) is 15.6. The maximum atomic E-state index is 6.18. The minimum atomic E-state index is 0. The van der Waals surface area contributed by atoms with Crippen LogP contribution in [0.1, 0.15) is 37.5 Å². The van der Waals surface area contributed by atoms with Gasteiger partial charge in [0.15, 0.2) is 5.82 Å². The SMILES string of the molecule is CC1(C)CN(Cc2nc(Cc3ccccc3)no2)CCC1N.Cl. The first kappa shape index (κ1) is 17.9. The maximum Gasteiger partial charge on any atom is 0.240 e. The number of piperidine rings is 1.